The van der Waals surface area contributed by atoms with Crippen LogP contribution in [-0.2, 0) is 0 Å². The number of carbonyl (C=O) groups excluding carboxylic acids is 1. The Kier molecular flexibility index (Phi) is 3.01. The SMILES string of the molecule is Cc1cc(N=O)ccc1NNC(N)=O. The molecule has 0 spiro atoms. The zero-order valence-corrected chi connectivity index (χ0v) is 7.57. The second-order valence-corrected chi connectivity index (χ2v) is 2.70. The van der Waals surface area contributed by atoms with Crippen molar-refractivity contribution in [3.8, 4) is 0 Å². The van der Waals surface area contributed by atoms with E-state index in [2.05, 4.69) is 16.0 Å². The van der Waals surface area contributed by atoms with Crippen LogP contribution >= 0.6 is 0 Å². The van der Waals surface area contributed by atoms with Crippen LogP contribution in [-0.4, -0.2) is 6.03 Å². The molecule has 14 heavy (non-hydrogen) atoms. The first-order valence-corrected chi connectivity index (χ1v) is 3.89. The Hall–Kier alpha value is -2.11. The van der Waals surface area contributed by atoms with Crippen LogP contribution in [0.25, 0.3) is 0 Å². The standard InChI is InChI=1S/C8H10N4O2/c1-5-4-6(12-14)2-3-7(5)10-11-8(9)13/h2-4,10H,1H3,(H3,9,11,13). The number of hydrogen-bond acceptors (Lipinski definition) is 4. The predicted octanol–water partition coefficient (Wildman–Crippen LogP) is 1.39. The molecule has 0 fully saturated rings. The molecule has 4 N–H and O–H groups in total. The second-order valence-electron chi connectivity index (χ2n) is 2.70. The Morgan fingerprint density at radius 3 is 2.71 bits per heavy atom. The van der Waals surface area contributed by atoms with Crippen molar-refractivity contribution < 1.29 is 4.79 Å². The number of urea groups is 1. The number of benzene rings is 1. The summed E-state index contributed by atoms with van der Waals surface area (Å²) in [5, 5.41) is 2.78. The molecule has 0 aliphatic heterocycles. The maximum absolute atomic E-state index is 10.4. The summed E-state index contributed by atoms with van der Waals surface area (Å²) in [6.07, 6.45) is 0. The van der Waals surface area contributed by atoms with Crippen molar-refractivity contribution in [1.82, 2.24) is 5.43 Å². The van der Waals surface area contributed by atoms with Crippen molar-refractivity contribution >= 4 is 17.4 Å². The van der Waals surface area contributed by atoms with Crippen molar-refractivity contribution in [2.45, 2.75) is 6.92 Å². The molecule has 74 valence electrons. The van der Waals surface area contributed by atoms with Gasteiger partial charge in [0.15, 0.2) is 0 Å². The molecular formula is C8H10N4O2. The normalized spacial score (nSPS) is 9.21. The molecule has 1 aromatic rings. The largest absolute Gasteiger partial charge is 0.350 e. The first-order chi connectivity index (χ1) is 6.63. The van der Waals surface area contributed by atoms with E-state index in [0.717, 1.165) is 5.56 Å². The van der Waals surface area contributed by atoms with E-state index in [1.807, 2.05) is 0 Å². The molecule has 0 aliphatic rings. The Labute approximate surface area is 80.4 Å². The van der Waals surface area contributed by atoms with Crippen LogP contribution in [0, 0.1) is 11.8 Å². The first-order valence-electron chi connectivity index (χ1n) is 3.89. The lowest BCUT2D eigenvalue weighted by molar-refractivity contribution is 0.250. The van der Waals surface area contributed by atoms with Gasteiger partial charge in [0.2, 0.25) is 0 Å². The van der Waals surface area contributed by atoms with Crippen LogP contribution < -0.4 is 16.6 Å². The van der Waals surface area contributed by atoms with Crippen molar-refractivity contribution in [3.63, 3.8) is 0 Å². The van der Waals surface area contributed by atoms with Crippen LogP contribution in [0.3, 0.4) is 0 Å². The number of nitroso groups, excluding NO2 is 1. The molecule has 0 radical (unpaired) electrons. The number of primary amides is 1. The van der Waals surface area contributed by atoms with Gasteiger partial charge in [-0.25, -0.2) is 4.79 Å². The highest BCUT2D eigenvalue weighted by Crippen LogP contribution is 2.20. The van der Waals surface area contributed by atoms with Crippen molar-refractivity contribution in [1.29, 1.82) is 0 Å². The van der Waals surface area contributed by atoms with Gasteiger partial charge in [-0.2, -0.15) is 0 Å². The third kappa shape index (κ3) is 2.44. The number of carbonyl (C=O) groups is 1. The fourth-order valence-corrected chi connectivity index (χ4v) is 0.974. The molecule has 1 aromatic carbocycles. The van der Waals surface area contributed by atoms with Crippen molar-refractivity contribution in [3.05, 3.63) is 28.7 Å². The number of hydrazine groups is 1. The molecule has 6 heteroatoms. The zero-order valence-electron chi connectivity index (χ0n) is 7.57. The minimum absolute atomic E-state index is 0.340. The number of amides is 2. The van der Waals surface area contributed by atoms with E-state index in [-0.39, 0.29) is 0 Å². The third-order valence-corrected chi connectivity index (χ3v) is 1.64. The van der Waals surface area contributed by atoms with Crippen LogP contribution in [0.1, 0.15) is 5.56 Å². The quantitative estimate of drug-likeness (QED) is 0.501. The van der Waals surface area contributed by atoms with E-state index in [4.69, 9.17) is 5.73 Å². The van der Waals surface area contributed by atoms with E-state index in [1.54, 1.807) is 19.1 Å². The van der Waals surface area contributed by atoms with E-state index in [9.17, 15) is 9.70 Å². The Morgan fingerprint density at radius 2 is 2.21 bits per heavy atom. The van der Waals surface area contributed by atoms with Gasteiger partial charge >= 0.3 is 6.03 Å². The molecule has 0 saturated carbocycles. The summed E-state index contributed by atoms with van der Waals surface area (Å²) in [6.45, 7) is 1.78. The molecule has 0 atom stereocenters. The number of nitrogens with zero attached hydrogens (tertiary/aromatic N) is 1. The maximum atomic E-state index is 10.4. The van der Waals surface area contributed by atoms with Crippen LogP contribution in [0.4, 0.5) is 16.2 Å². The second kappa shape index (κ2) is 4.22. The number of anilines is 1. The summed E-state index contributed by atoms with van der Waals surface area (Å²) in [7, 11) is 0. The van der Waals surface area contributed by atoms with E-state index >= 15 is 0 Å². The van der Waals surface area contributed by atoms with Gasteiger partial charge in [0.25, 0.3) is 0 Å². The van der Waals surface area contributed by atoms with E-state index < -0.39 is 6.03 Å². The third-order valence-electron chi connectivity index (χ3n) is 1.64. The lowest BCUT2D eigenvalue weighted by Gasteiger charge is -2.08. The van der Waals surface area contributed by atoms with Crippen LogP contribution in [0.15, 0.2) is 23.4 Å². The molecule has 0 unspecified atom stereocenters. The van der Waals surface area contributed by atoms with Gasteiger partial charge in [-0.05, 0) is 35.9 Å². The molecule has 1 rings (SSSR count). The fraction of sp³-hybridized carbons (Fsp3) is 0.125. The van der Waals surface area contributed by atoms with Gasteiger partial charge in [-0.1, -0.05) is 0 Å². The fourth-order valence-electron chi connectivity index (χ4n) is 0.974. The summed E-state index contributed by atoms with van der Waals surface area (Å²) in [6, 6.07) is 4.08. The molecule has 0 aromatic heterocycles. The average molecular weight is 194 g/mol. The summed E-state index contributed by atoms with van der Waals surface area (Å²) in [5.74, 6) is 0. The summed E-state index contributed by atoms with van der Waals surface area (Å²) < 4.78 is 0. The Morgan fingerprint density at radius 1 is 1.50 bits per heavy atom. The molecule has 0 bridgehead atoms. The Bertz CT molecular complexity index is 364. The Balaban J connectivity index is 2.78. The highest BCUT2D eigenvalue weighted by Gasteiger charge is 2.00. The highest BCUT2D eigenvalue weighted by molar-refractivity contribution is 5.74. The summed E-state index contributed by atoms with van der Waals surface area (Å²) >= 11 is 0. The zero-order chi connectivity index (χ0) is 10.6. The van der Waals surface area contributed by atoms with Gasteiger partial charge < -0.3 is 5.73 Å². The minimum Gasteiger partial charge on any atom is -0.350 e. The number of hydrogen-bond donors (Lipinski definition) is 3. The van der Waals surface area contributed by atoms with Crippen LogP contribution in [0.5, 0.6) is 0 Å². The topological polar surface area (TPSA) is 96.6 Å². The van der Waals surface area contributed by atoms with Gasteiger partial charge in [0.1, 0.15) is 5.69 Å². The van der Waals surface area contributed by atoms with Gasteiger partial charge in [0, 0.05) is 0 Å². The molecule has 0 heterocycles. The van der Waals surface area contributed by atoms with E-state index in [1.165, 1.54) is 6.07 Å². The van der Waals surface area contributed by atoms with Crippen molar-refractivity contribution in [2.75, 3.05) is 5.43 Å². The smallest absolute Gasteiger partial charge is 0.330 e. The minimum atomic E-state index is -0.679. The molecule has 0 aliphatic carbocycles. The molecule has 6 nitrogen and oxygen atoms in total. The number of aryl methyl sites for hydroxylation is 1. The van der Waals surface area contributed by atoms with Gasteiger partial charge in [-0.3, -0.25) is 10.9 Å². The van der Waals surface area contributed by atoms with E-state index in [0.29, 0.717) is 11.4 Å². The lowest BCUT2D eigenvalue weighted by Crippen LogP contribution is -2.34. The predicted molar refractivity (Wildman–Crippen MR) is 53.0 cm³/mol. The number of rotatable bonds is 3. The molecule has 0 saturated heterocycles. The first kappa shape index (κ1) is 9.97. The highest BCUT2D eigenvalue weighted by atomic mass is 16.3. The molecule has 2 amide bonds. The van der Waals surface area contributed by atoms with Crippen LogP contribution in [0.2, 0.25) is 0 Å². The summed E-state index contributed by atoms with van der Waals surface area (Å²) in [5.41, 5.74) is 11.5. The summed E-state index contributed by atoms with van der Waals surface area (Å²) in [4.78, 5) is 20.6. The number of nitrogens with one attached hydrogen (secondary N) is 2. The van der Waals surface area contributed by atoms with Gasteiger partial charge in [-0.15, -0.1) is 4.91 Å². The average Bonchev–Trinajstić information content (AvgIpc) is 2.15. The van der Waals surface area contributed by atoms with Gasteiger partial charge in [0.05, 0.1) is 5.69 Å². The molecular weight excluding hydrogens is 184 g/mol. The number of nitrogens with two attached hydrogens (primary N) is 1. The van der Waals surface area contributed by atoms with Crippen molar-refractivity contribution in [2.24, 2.45) is 10.9 Å². The lowest BCUT2D eigenvalue weighted by atomic mass is 10.2. The monoisotopic (exact) mass is 194 g/mol. The maximum Gasteiger partial charge on any atom is 0.330 e.